The zero-order chi connectivity index (χ0) is 10.8. The molecule has 1 aromatic carbocycles. The van der Waals surface area contributed by atoms with E-state index in [0.717, 1.165) is 20.2 Å². The van der Waals surface area contributed by atoms with E-state index in [0.29, 0.717) is 12.4 Å². The number of halogens is 2. The monoisotopic (exact) mass is 330 g/mol. The van der Waals surface area contributed by atoms with Gasteiger partial charge in [0.1, 0.15) is 6.26 Å². The molecule has 0 aliphatic carbocycles. The molecule has 0 fully saturated rings. The lowest BCUT2D eigenvalue weighted by atomic mass is 10.2. The Morgan fingerprint density at radius 1 is 1.20 bits per heavy atom. The quantitative estimate of drug-likeness (QED) is 0.918. The summed E-state index contributed by atoms with van der Waals surface area (Å²) in [6, 6.07) is 5.84. The van der Waals surface area contributed by atoms with E-state index < -0.39 is 0 Å². The molecule has 2 aromatic rings. The molecule has 0 aliphatic rings. The molecule has 2 rings (SSSR count). The van der Waals surface area contributed by atoms with Crippen molar-refractivity contribution in [3.63, 3.8) is 0 Å². The minimum absolute atomic E-state index is 0.388. The third kappa shape index (κ3) is 2.48. The molecule has 0 bridgehead atoms. The topological polar surface area (TPSA) is 52.0 Å². The normalized spacial score (nSPS) is 10.6. The molecule has 5 heteroatoms. The van der Waals surface area contributed by atoms with Crippen molar-refractivity contribution in [2.45, 2.75) is 6.54 Å². The van der Waals surface area contributed by atoms with Gasteiger partial charge in [-0.25, -0.2) is 4.98 Å². The van der Waals surface area contributed by atoms with Crippen LogP contribution in [0.2, 0.25) is 0 Å². The van der Waals surface area contributed by atoms with Gasteiger partial charge < -0.3 is 10.2 Å². The van der Waals surface area contributed by atoms with Gasteiger partial charge in [-0.05, 0) is 18.2 Å². The maximum Gasteiger partial charge on any atom is 0.226 e. The number of hydrogen-bond donors (Lipinski definition) is 1. The van der Waals surface area contributed by atoms with Crippen molar-refractivity contribution < 1.29 is 4.42 Å². The summed E-state index contributed by atoms with van der Waals surface area (Å²) in [5.74, 6) is 0.581. The molecule has 0 amide bonds. The second-order valence-electron chi connectivity index (χ2n) is 3.01. The molecule has 15 heavy (non-hydrogen) atoms. The second kappa shape index (κ2) is 4.47. The minimum Gasteiger partial charge on any atom is -0.444 e. The molecule has 0 atom stereocenters. The van der Waals surface area contributed by atoms with Crippen LogP contribution in [0.5, 0.6) is 0 Å². The summed E-state index contributed by atoms with van der Waals surface area (Å²) in [5.41, 5.74) is 7.12. The zero-order valence-corrected chi connectivity index (χ0v) is 10.9. The fourth-order valence-electron chi connectivity index (χ4n) is 1.21. The summed E-state index contributed by atoms with van der Waals surface area (Å²) < 4.78 is 7.26. The lowest BCUT2D eigenvalue weighted by Crippen LogP contribution is -1.95. The van der Waals surface area contributed by atoms with E-state index in [9.17, 15) is 0 Å². The first-order valence-corrected chi connectivity index (χ1v) is 5.88. The van der Waals surface area contributed by atoms with Crippen molar-refractivity contribution in [2.75, 3.05) is 0 Å². The van der Waals surface area contributed by atoms with Crippen LogP contribution in [0, 0.1) is 0 Å². The molecule has 3 nitrogen and oxygen atoms in total. The third-order valence-corrected chi connectivity index (χ3v) is 2.79. The van der Waals surface area contributed by atoms with E-state index in [1.54, 1.807) is 6.26 Å². The van der Waals surface area contributed by atoms with Crippen LogP contribution in [0.3, 0.4) is 0 Å². The average molecular weight is 332 g/mol. The molecule has 1 aromatic heterocycles. The standard InChI is InChI=1S/C10H8Br2N2O/c11-7-1-6(2-8(12)3-7)10-14-9(4-13)5-15-10/h1-3,5H,4,13H2. The van der Waals surface area contributed by atoms with Gasteiger partial charge in [-0.3, -0.25) is 0 Å². The fourth-order valence-corrected chi connectivity index (χ4v) is 2.50. The van der Waals surface area contributed by atoms with Crippen LogP contribution in [0.1, 0.15) is 5.69 Å². The number of rotatable bonds is 2. The number of aromatic nitrogens is 1. The first-order valence-electron chi connectivity index (χ1n) is 4.30. The maximum atomic E-state index is 5.46. The Balaban J connectivity index is 2.44. The highest BCUT2D eigenvalue weighted by atomic mass is 79.9. The first kappa shape index (κ1) is 10.9. The Labute approximate surface area is 104 Å². The van der Waals surface area contributed by atoms with E-state index >= 15 is 0 Å². The van der Waals surface area contributed by atoms with Crippen molar-refractivity contribution in [1.82, 2.24) is 4.98 Å². The Morgan fingerprint density at radius 3 is 2.40 bits per heavy atom. The zero-order valence-electron chi connectivity index (χ0n) is 7.71. The molecular weight excluding hydrogens is 324 g/mol. The lowest BCUT2D eigenvalue weighted by molar-refractivity contribution is 0.572. The van der Waals surface area contributed by atoms with Crippen molar-refractivity contribution in [2.24, 2.45) is 5.73 Å². The van der Waals surface area contributed by atoms with Gasteiger partial charge >= 0.3 is 0 Å². The van der Waals surface area contributed by atoms with Crippen LogP contribution in [-0.2, 0) is 6.54 Å². The smallest absolute Gasteiger partial charge is 0.226 e. The predicted molar refractivity (Wildman–Crippen MR) is 65.2 cm³/mol. The predicted octanol–water partition coefficient (Wildman–Crippen LogP) is 3.33. The van der Waals surface area contributed by atoms with Crippen LogP contribution in [0.15, 0.2) is 37.8 Å². The van der Waals surface area contributed by atoms with Crippen LogP contribution in [-0.4, -0.2) is 4.98 Å². The van der Waals surface area contributed by atoms with E-state index in [-0.39, 0.29) is 0 Å². The number of hydrogen-bond acceptors (Lipinski definition) is 3. The van der Waals surface area contributed by atoms with Gasteiger partial charge in [0.15, 0.2) is 0 Å². The van der Waals surface area contributed by atoms with E-state index in [1.807, 2.05) is 18.2 Å². The number of oxazole rings is 1. The van der Waals surface area contributed by atoms with Gasteiger partial charge in [-0.15, -0.1) is 0 Å². The van der Waals surface area contributed by atoms with Gasteiger partial charge in [0.2, 0.25) is 5.89 Å². The van der Waals surface area contributed by atoms with Gasteiger partial charge in [-0.2, -0.15) is 0 Å². The number of nitrogens with two attached hydrogens (primary N) is 1. The van der Waals surface area contributed by atoms with Gasteiger partial charge in [0, 0.05) is 21.1 Å². The molecule has 0 unspecified atom stereocenters. The van der Waals surface area contributed by atoms with Crippen LogP contribution < -0.4 is 5.73 Å². The molecule has 1 heterocycles. The molecule has 0 saturated carbocycles. The molecular formula is C10H8Br2N2O. The molecule has 0 radical (unpaired) electrons. The van der Waals surface area contributed by atoms with E-state index in [1.165, 1.54) is 0 Å². The average Bonchev–Trinajstić information content (AvgIpc) is 2.64. The SMILES string of the molecule is NCc1coc(-c2cc(Br)cc(Br)c2)n1. The molecule has 2 N–H and O–H groups in total. The van der Waals surface area contributed by atoms with Crippen molar-refractivity contribution in [3.05, 3.63) is 39.1 Å². The Hall–Kier alpha value is -0.650. The number of benzene rings is 1. The molecule has 0 aliphatic heterocycles. The first-order chi connectivity index (χ1) is 7.19. The largest absolute Gasteiger partial charge is 0.444 e. The summed E-state index contributed by atoms with van der Waals surface area (Å²) >= 11 is 6.82. The molecule has 0 saturated heterocycles. The summed E-state index contributed by atoms with van der Waals surface area (Å²) in [6.07, 6.45) is 1.57. The van der Waals surface area contributed by atoms with Crippen LogP contribution in [0.25, 0.3) is 11.5 Å². The van der Waals surface area contributed by atoms with E-state index in [4.69, 9.17) is 10.2 Å². The third-order valence-electron chi connectivity index (χ3n) is 1.87. The van der Waals surface area contributed by atoms with Crippen molar-refractivity contribution in [3.8, 4) is 11.5 Å². The molecule has 0 spiro atoms. The number of nitrogens with zero attached hydrogens (tertiary/aromatic N) is 1. The Kier molecular flexibility index (Phi) is 3.23. The fraction of sp³-hybridized carbons (Fsp3) is 0.100. The van der Waals surface area contributed by atoms with Crippen molar-refractivity contribution in [1.29, 1.82) is 0 Å². The Morgan fingerprint density at radius 2 is 1.87 bits per heavy atom. The summed E-state index contributed by atoms with van der Waals surface area (Å²) in [4.78, 5) is 4.25. The Bertz CT molecular complexity index is 462. The van der Waals surface area contributed by atoms with Crippen molar-refractivity contribution >= 4 is 31.9 Å². The summed E-state index contributed by atoms with van der Waals surface area (Å²) in [6.45, 7) is 0.388. The van der Waals surface area contributed by atoms with Gasteiger partial charge in [0.25, 0.3) is 0 Å². The maximum absolute atomic E-state index is 5.46. The van der Waals surface area contributed by atoms with Crippen LogP contribution in [0.4, 0.5) is 0 Å². The highest BCUT2D eigenvalue weighted by Crippen LogP contribution is 2.27. The highest BCUT2D eigenvalue weighted by Gasteiger charge is 2.07. The molecule has 78 valence electrons. The summed E-state index contributed by atoms with van der Waals surface area (Å²) in [5, 5.41) is 0. The summed E-state index contributed by atoms with van der Waals surface area (Å²) in [7, 11) is 0. The second-order valence-corrected chi connectivity index (χ2v) is 4.84. The van der Waals surface area contributed by atoms with Gasteiger partial charge in [0.05, 0.1) is 5.69 Å². The lowest BCUT2D eigenvalue weighted by Gasteiger charge is -1.98. The minimum atomic E-state index is 0.388. The highest BCUT2D eigenvalue weighted by molar-refractivity contribution is 9.11. The van der Waals surface area contributed by atoms with Crippen LogP contribution >= 0.6 is 31.9 Å². The van der Waals surface area contributed by atoms with E-state index in [2.05, 4.69) is 36.8 Å². The van der Waals surface area contributed by atoms with Gasteiger partial charge in [-0.1, -0.05) is 31.9 Å².